The van der Waals surface area contributed by atoms with Crippen molar-refractivity contribution in [3.63, 3.8) is 0 Å². The number of hydrogen-bond acceptors (Lipinski definition) is 3. The van der Waals surface area contributed by atoms with Gasteiger partial charge in [-0.1, -0.05) is 6.42 Å². The monoisotopic (exact) mass is 312 g/mol. The van der Waals surface area contributed by atoms with Crippen LogP contribution < -0.4 is 10.6 Å². The Labute approximate surface area is 134 Å². The average molecular weight is 313 g/mol. The smallest absolute Gasteiger partial charge is 0.191 e. The van der Waals surface area contributed by atoms with Crippen LogP contribution in [0, 0.1) is 0 Å². The molecular formula is C16H32N4S. The molecule has 122 valence electrons. The molecule has 0 aromatic heterocycles. The molecule has 2 heterocycles. The van der Waals surface area contributed by atoms with Crippen LogP contribution in [0.3, 0.4) is 0 Å². The third-order valence-electron chi connectivity index (χ3n) is 4.65. The molecule has 0 amide bonds. The average Bonchev–Trinajstić information content (AvgIpc) is 3.02. The Hall–Kier alpha value is -0.420. The molecule has 0 saturated carbocycles. The summed E-state index contributed by atoms with van der Waals surface area (Å²) in [5.41, 5.74) is 0.195. The second-order valence-electron chi connectivity index (χ2n) is 6.80. The third-order valence-corrected chi connectivity index (χ3v) is 6.04. The minimum absolute atomic E-state index is 0.195. The summed E-state index contributed by atoms with van der Waals surface area (Å²) in [6.45, 7) is 9.13. The molecule has 5 heteroatoms. The predicted octanol–water partition coefficient (Wildman–Crippen LogP) is 2.31. The van der Waals surface area contributed by atoms with Crippen molar-refractivity contribution in [1.29, 1.82) is 0 Å². The fourth-order valence-electron chi connectivity index (χ4n) is 3.15. The zero-order valence-electron chi connectivity index (χ0n) is 14.0. The van der Waals surface area contributed by atoms with Gasteiger partial charge in [0.1, 0.15) is 0 Å². The van der Waals surface area contributed by atoms with Crippen molar-refractivity contribution in [2.45, 2.75) is 56.7 Å². The van der Waals surface area contributed by atoms with Gasteiger partial charge in [-0.2, -0.15) is 11.8 Å². The maximum Gasteiger partial charge on any atom is 0.191 e. The molecule has 0 aromatic carbocycles. The van der Waals surface area contributed by atoms with Crippen molar-refractivity contribution < 1.29 is 0 Å². The van der Waals surface area contributed by atoms with Crippen molar-refractivity contribution in [3.05, 3.63) is 0 Å². The Balaban J connectivity index is 1.73. The summed E-state index contributed by atoms with van der Waals surface area (Å²) in [6, 6.07) is 0. The first-order valence-electron chi connectivity index (χ1n) is 8.43. The lowest BCUT2D eigenvalue weighted by atomic mass is 9.98. The molecule has 0 radical (unpaired) electrons. The number of nitrogens with zero attached hydrogens (tertiary/aromatic N) is 2. The molecule has 0 spiro atoms. The Morgan fingerprint density at radius 2 is 1.95 bits per heavy atom. The van der Waals surface area contributed by atoms with Gasteiger partial charge in [0.2, 0.25) is 0 Å². The van der Waals surface area contributed by atoms with Gasteiger partial charge in [0, 0.05) is 30.9 Å². The van der Waals surface area contributed by atoms with E-state index in [0.29, 0.717) is 0 Å². The van der Waals surface area contributed by atoms with Crippen molar-refractivity contribution >= 4 is 17.7 Å². The van der Waals surface area contributed by atoms with Crippen LogP contribution in [0.2, 0.25) is 0 Å². The van der Waals surface area contributed by atoms with E-state index in [0.717, 1.165) is 24.3 Å². The lowest BCUT2D eigenvalue weighted by Crippen LogP contribution is -2.55. The number of thioether (sulfide) groups is 1. The summed E-state index contributed by atoms with van der Waals surface area (Å²) in [6.07, 6.45) is 6.78. The maximum absolute atomic E-state index is 4.36. The number of likely N-dealkylation sites (tertiary alicyclic amines) is 1. The molecule has 0 aromatic rings. The molecular weight excluding hydrogens is 280 g/mol. The molecule has 2 fully saturated rings. The highest BCUT2D eigenvalue weighted by Crippen LogP contribution is 2.25. The van der Waals surface area contributed by atoms with E-state index in [4.69, 9.17) is 0 Å². The van der Waals surface area contributed by atoms with E-state index in [1.165, 1.54) is 50.9 Å². The van der Waals surface area contributed by atoms with Crippen molar-refractivity contribution in [1.82, 2.24) is 15.5 Å². The summed E-state index contributed by atoms with van der Waals surface area (Å²) < 4.78 is 0. The molecule has 2 N–H and O–H groups in total. The second-order valence-corrected chi connectivity index (χ2v) is 8.21. The normalized spacial score (nSPS) is 25.1. The Bertz CT molecular complexity index is 331. The summed E-state index contributed by atoms with van der Waals surface area (Å²) in [7, 11) is 1.87. The highest BCUT2D eigenvalue weighted by molar-refractivity contribution is 8.00. The molecule has 1 unspecified atom stereocenters. The fourth-order valence-corrected chi connectivity index (χ4v) is 4.35. The maximum atomic E-state index is 4.36. The van der Waals surface area contributed by atoms with Crippen molar-refractivity contribution in [2.24, 2.45) is 4.99 Å². The van der Waals surface area contributed by atoms with E-state index in [9.17, 15) is 0 Å². The fraction of sp³-hybridized carbons (Fsp3) is 0.938. The van der Waals surface area contributed by atoms with Gasteiger partial charge < -0.3 is 10.6 Å². The molecule has 0 aliphatic carbocycles. The molecule has 0 bridgehead atoms. The van der Waals surface area contributed by atoms with Crippen LogP contribution in [0.15, 0.2) is 4.99 Å². The van der Waals surface area contributed by atoms with E-state index in [1.54, 1.807) is 0 Å². The Kier molecular flexibility index (Phi) is 6.68. The van der Waals surface area contributed by atoms with Crippen LogP contribution in [0.1, 0.15) is 46.0 Å². The van der Waals surface area contributed by atoms with Gasteiger partial charge in [-0.05, 0) is 58.4 Å². The lowest BCUT2D eigenvalue weighted by molar-refractivity contribution is 0.0982. The van der Waals surface area contributed by atoms with Gasteiger partial charge >= 0.3 is 0 Å². The third kappa shape index (κ3) is 5.37. The largest absolute Gasteiger partial charge is 0.355 e. The SMILES string of the molecule is CN=C(NCC1CCCS1)NCC(C)(C)N1CCCCC1. The minimum Gasteiger partial charge on any atom is -0.355 e. The first kappa shape index (κ1) is 16.9. The van der Waals surface area contributed by atoms with Crippen molar-refractivity contribution in [3.8, 4) is 0 Å². The van der Waals surface area contributed by atoms with Crippen molar-refractivity contribution in [2.75, 3.05) is 39.0 Å². The quantitative estimate of drug-likeness (QED) is 0.604. The number of hydrogen-bond donors (Lipinski definition) is 2. The minimum atomic E-state index is 0.195. The zero-order chi connectivity index (χ0) is 15.1. The van der Waals surface area contributed by atoms with Gasteiger partial charge in [-0.25, -0.2) is 0 Å². The highest BCUT2D eigenvalue weighted by Gasteiger charge is 2.28. The summed E-state index contributed by atoms with van der Waals surface area (Å²) in [5.74, 6) is 2.27. The molecule has 2 aliphatic rings. The van der Waals surface area contributed by atoms with Crippen LogP contribution in [0.4, 0.5) is 0 Å². The number of rotatable bonds is 5. The molecule has 1 atom stereocenters. The van der Waals surface area contributed by atoms with Gasteiger partial charge in [-0.15, -0.1) is 0 Å². The number of aliphatic imine (C=N–C) groups is 1. The van der Waals surface area contributed by atoms with Gasteiger partial charge in [0.25, 0.3) is 0 Å². The zero-order valence-corrected chi connectivity index (χ0v) is 14.8. The van der Waals surface area contributed by atoms with E-state index >= 15 is 0 Å². The standard InChI is InChI=1S/C16H32N4S/c1-16(2,20-9-5-4-6-10-20)13-19-15(17-3)18-12-14-8-7-11-21-14/h14H,4-13H2,1-3H3,(H2,17,18,19). The van der Waals surface area contributed by atoms with Crippen LogP contribution >= 0.6 is 11.8 Å². The first-order chi connectivity index (χ1) is 10.1. The molecule has 21 heavy (non-hydrogen) atoms. The summed E-state index contributed by atoms with van der Waals surface area (Å²) >= 11 is 2.09. The second kappa shape index (κ2) is 8.28. The molecule has 4 nitrogen and oxygen atoms in total. The van der Waals surface area contributed by atoms with E-state index in [1.807, 2.05) is 7.05 Å². The van der Waals surface area contributed by atoms with Crippen LogP contribution in [-0.2, 0) is 0 Å². The molecule has 2 aliphatic heterocycles. The van der Waals surface area contributed by atoms with E-state index in [-0.39, 0.29) is 5.54 Å². The van der Waals surface area contributed by atoms with Gasteiger partial charge in [0.15, 0.2) is 5.96 Å². The van der Waals surface area contributed by atoms with Crippen LogP contribution in [-0.4, -0.2) is 60.6 Å². The Morgan fingerprint density at radius 1 is 1.19 bits per heavy atom. The predicted molar refractivity (Wildman–Crippen MR) is 94.3 cm³/mol. The number of nitrogens with one attached hydrogen (secondary N) is 2. The first-order valence-corrected chi connectivity index (χ1v) is 9.48. The lowest BCUT2D eigenvalue weighted by Gasteiger charge is -2.41. The molecule has 2 rings (SSSR count). The topological polar surface area (TPSA) is 39.7 Å². The highest BCUT2D eigenvalue weighted by atomic mass is 32.2. The number of piperidine rings is 1. The Morgan fingerprint density at radius 3 is 2.57 bits per heavy atom. The van der Waals surface area contributed by atoms with E-state index in [2.05, 4.69) is 46.1 Å². The van der Waals surface area contributed by atoms with E-state index < -0.39 is 0 Å². The van der Waals surface area contributed by atoms with Crippen LogP contribution in [0.25, 0.3) is 0 Å². The number of guanidine groups is 1. The summed E-state index contributed by atoms with van der Waals surface area (Å²) in [5, 5.41) is 7.77. The van der Waals surface area contributed by atoms with Gasteiger partial charge in [-0.3, -0.25) is 9.89 Å². The van der Waals surface area contributed by atoms with Gasteiger partial charge in [0.05, 0.1) is 0 Å². The summed E-state index contributed by atoms with van der Waals surface area (Å²) in [4.78, 5) is 6.98. The van der Waals surface area contributed by atoms with Crippen LogP contribution in [0.5, 0.6) is 0 Å². The molecule has 2 saturated heterocycles.